The Kier molecular flexibility index (Phi) is 5.45. The van der Waals surface area contributed by atoms with E-state index in [0.29, 0.717) is 6.42 Å². The van der Waals surface area contributed by atoms with E-state index < -0.39 is 16.6 Å². The van der Waals surface area contributed by atoms with Gasteiger partial charge in [-0.3, -0.25) is 14.9 Å². The number of benzene rings is 1. The predicted octanol–water partition coefficient (Wildman–Crippen LogP) is 1.20. The molecule has 8 heteroatoms. The van der Waals surface area contributed by atoms with E-state index in [9.17, 15) is 19.7 Å². The number of hydrogen-bond donors (Lipinski definition) is 2. The standard InChI is InChI=1S/C12H14N2O6/c1-13-11(15)3-2-6-20-10-5-4-8(12(16)17)7-9(10)14(18)19/h4-5,7H,2-3,6H2,1H3,(H,13,15)(H,16,17). The SMILES string of the molecule is CNC(=O)CCCOc1ccc(C(=O)O)cc1[N+](=O)[O-]. The molecule has 1 rings (SSSR count). The first-order valence-electron chi connectivity index (χ1n) is 5.80. The molecule has 0 aliphatic rings. The summed E-state index contributed by atoms with van der Waals surface area (Å²) in [4.78, 5) is 31.9. The molecular weight excluding hydrogens is 268 g/mol. The molecule has 20 heavy (non-hydrogen) atoms. The molecule has 1 aromatic carbocycles. The van der Waals surface area contributed by atoms with Gasteiger partial charge < -0.3 is 15.2 Å². The van der Waals surface area contributed by atoms with Crippen molar-refractivity contribution in [3.63, 3.8) is 0 Å². The van der Waals surface area contributed by atoms with Gasteiger partial charge in [0.2, 0.25) is 5.91 Å². The number of nitrogens with zero attached hydrogens (tertiary/aromatic N) is 1. The number of amides is 1. The van der Waals surface area contributed by atoms with Crippen LogP contribution in [-0.2, 0) is 4.79 Å². The van der Waals surface area contributed by atoms with Crippen molar-refractivity contribution in [3.8, 4) is 5.75 Å². The summed E-state index contributed by atoms with van der Waals surface area (Å²) in [7, 11) is 1.51. The molecule has 0 aliphatic heterocycles. The van der Waals surface area contributed by atoms with Crippen molar-refractivity contribution < 1.29 is 24.4 Å². The van der Waals surface area contributed by atoms with Crippen LogP contribution >= 0.6 is 0 Å². The molecular formula is C12H14N2O6. The lowest BCUT2D eigenvalue weighted by molar-refractivity contribution is -0.385. The summed E-state index contributed by atoms with van der Waals surface area (Å²) < 4.78 is 5.21. The number of rotatable bonds is 7. The summed E-state index contributed by atoms with van der Waals surface area (Å²) in [5.41, 5.74) is -0.598. The van der Waals surface area contributed by atoms with Gasteiger partial charge in [-0.05, 0) is 18.6 Å². The van der Waals surface area contributed by atoms with Crippen molar-refractivity contribution in [1.29, 1.82) is 0 Å². The molecule has 0 spiro atoms. The van der Waals surface area contributed by atoms with E-state index in [0.717, 1.165) is 6.07 Å². The van der Waals surface area contributed by atoms with Crippen molar-refractivity contribution in [2.24, 2.45) is 0 Å². The smallest absolute Gasteiger partial charge is 0.335 e. The van der Waals surface area contributed by atoms with Crippen molar-refractivity contribution in [3.05, 3.63) is 33.9 Å². The Morgan fingerprint density at radius 3 is 2.70 bits per heavy atom. The minimum Gasteiger partial charge on any atom is -0.487 e. The van der Waals surface area contributed by atoms with Crippen molar-refractivity contribution in [2.75, 3.05) is 13.7 Å². The fourth-order valence-corrected chi connectivity index (χ4v) is 1.45. The van der Waals surface area contributed by atoms with Gasteiger partial charge in [0.1, 0.15) is 0 Å². The lowest BCUT2D eigenvalue weighted by Crippen LogP contribution is -2.18. The lowest BCUT2D eigenvalue weighted by Gasteiger charge is -2.07. The molecule has 0 heterocycles. The van der Waals surface area contributed by atoms with Crippen LogP contribution < -0.4 is 10.1 Å². The number of nitrogens with one attached hydrogen (secondary N) is 1. The van der Waals surface area contributed by atoms with Gasteiger partial charge >= 0.3 is 11.7 Å². The predicted molar refractivity (Wildman–Crippen MR) is 68.9 cm³/mol. The van der Waals surface area contributed by atoms with E-state index >= 15 is 0 Å². The van der Waals surface area contributed by atoms with Gasteiger partial charge in [-0.25, -0.2) is 4.79 Å². The molecule has 1 aromatic rings. The number of carbonyl (C=O) groups excluding carboxylic acids is 1. The van der Waals surface area contributed by atoms with Crippen LogP contribution in [0.25, 0.3) is 0 Å². The van der Waals surface area contributed by atoms with Crippen LogP contribution in [-0.4, -0.2) is 35.6 Å². The molecule has 8 nitrogen and oxygen atoms in total. The van der Waals surface area contributed by atoms with Crippen molar-refractivity contribution >= 4 is 17.6 Å². The second-order valence-corrected chi connectivity index (χ2v) is 3.87. The van der Waals surface area contributed by atoms with E-state index in [-0.39, 0.29) is 30.2 Å². The second kappa shape index (κ2) is 7.07. The summed E-state index contributed by atoms with van der Waals surface area (Å²) in [6.07, 6.45) is 0.648. The van der Waals surface area contributed by atoms with Gasteiger partial charge in [0.25, 0.3) is 0 Å². The maximum absolute atomic E-state index is 11.0. The average molecular weight is 282 g/mol. The highest BCUT2D eigenvalue weighted by Crippen LogP contribution is 2.28. The average Bonchev–Trinajstić information content (AvgIpc) is 2.42. The van der Waals surface area contributed by atoms with Crippen LogP contribution in [0.4, 0.5) is 5.69 Å². The van der Waals surface area contributed by atoms with E-state index in [1.54, 1.807) is 0 Å². The molecule has 0 atom stereocenters. The normalized spacial score (nSPS) is 9.85. The first kappa shape index (κ1) is 15.4. The van der Waals surface area contributed by atoms with Crippen LogP contribution in [0.3, 0.4) is 0 Å². The van der Waals surface area contributed by atoms with Crippen molar-refractivity contribution in [2.45, 2.75) is 12.8 Å². The highest BCUT2D eigenvalue weighted by molar-refractivity contribution is 5.88. The molecule has 0 bridgehead atoms. The van der Waals surface area contributed by atoms with Crippen LogP contribution in [0.2, 0.25) is 0 Å². The molecule has 0 aliphatic carbocycles. The number of hydrogen-bond acceptors (Lipinski definition) is 5. The lowest BCUT2D eigenvalue weighted by atomic mass is 10.2. The molecule has 0 radical (unpaired) electrons. The zero-order chi connectivity index (χ0) is 15.1. The quantitative estimate of drug-likeness (QED) is 0.440. The fourth-order valence-electron chi connectivity index (χ4n) is 1.45. The van der Waals surface area contributed by atoms with Crippen LogP contribution in [0.15, 0.2) is 18.2 Å². The molecule has 2 N–H and O–H groups in total. The van der Waals surface area contributed by atoms with Gasteiger partial charge in [0.15, 0.2) is 5.75 Å². The third kappa shape index (κ3) is 4.23. The Bertz CT molecular complexity index is 529. The van der Waals surface area contributed by atoms with Crippen molar-refractivity contribution in [1.82, 2.24) is 5.32 Å². The summed E-state index contributed by atoms with van der Waals surface area (Å²) >= 11 is 0. The summed E-state index contributed by atoms with van der Waals surface area (Å²) in [5.74, 6) is -1.42. The number of carboxylic acid groups (broad SMARTS) is 1. The molecule has 0 fully saturated rings. The largest absolute Gasteiger partial charge is 0.487 e. The molecule has 0 unspecified atom stereocenters. The van der Waals surface area contributed by atoms with E-state index in [1.165, 1.54) is 19.2 Å². The zero-order valence-electron chi connectivity index (χ0n) is 10.8. The summed E-state index contributed by atoms with van der Waals surface area (Å²) in [6.45, 7) is 0.126. The Hall–Kier alpha value is -2.64. The van der Waals surface area contributed by atoms with Gasteiger partial charge in [0, 0.05) is 19.5 Å². The molecule has 0 aromatic heterocycles. The van der Waals surface area contributed by atoms with Gasteiger partial charge in [0.05, 0.1) is 17.1 Å². The second-order valence-electron chi connectivity index (χ2n) is 3.87. The highest BCUT2D eigenvalue weighted by Gasteiger charge is 2.18. The van der Waals surface area contributed by atoms with Gasteiger partial charge in [-0.1, -0.05) is 0 Å². The highest BCUT2D eigenvalue weighted by atomic mass is 16.6. The van der Waals surface area contributed by atoms with Crippen LogP contribution in [0.1, 0.15) is 23.2 Å². The number of carbonyl (C=O) groups is 2. The minimum absolute atomic E-state index is 0.0168. The molecule has 0 saturated heterocycles. The number of aromatic carboxylic acids is 1. The Morgan fingerprint density at radius 2 is 2.15 bits per heavy atom. The third-order valence-electron chi connectivity index (χ3n) is 2.49. The van der Waals surface area contributed by atoms with Crippen LogP contribution in [0, 0.1) is 10.1 Å². The maximum Gasteiger partial charge on any atom is 0.335 e. The minimum atomic E-state index is -1.25. The molecule has 108 valence electrons. The Balaban J connectivity index is 2.72. The van der Waals surface area contributed by atoms with Gasteiger partial charge in [-0.15, -0.1) is 0 Å². The monoisotopic (exact) mass is 282 g/mol. The van der Waals surface area contributed by atoms with E-state index in [4.69, 9.17) is 9.84 Å². The number of carboxylic acids is 1. The van der Waals surface area contributed by atoms with E-state index in [2.05, 4.69) is 5.32 Å². The topological polar surface area (TPSA) is 119 Å². The third-order valence-corrected chi connectivity index (χ3v) is 2.49. The first-order valence-corrected chi connectivity index (χ1v) is 5.80. The Labute approximate surface area is 114 Å². The molecule has 1 amide bonds. The van der Waals surface area contributed by atoms with Crippen LogP contribution in [0.5, 0.6) is 5.75 Å². The number of nitro groups is 1. The summed E-state index contributed by atoms with van der Waals surface area (Å²) in [6, 6.07) is 3.40. The summed E-state index contributed by atoms with van der Waals surface area (Å²) in [5, 5.41) is 22.1. The van der Waals surface area contributed by atoms with Gasteiger partial charge in [-0.2, -0.15) is 0 Å². The fraction of sp³-hybridized carbons (Fsp3) is 0.333. The van der Waals surface area contributed by atoms with E-state index in [1.807, 2.05) is 0 Å². The Morgan fingerprint density at radius 1 is 1.45 bits per heavy atom. The number of ether oxygens (including phenoxy) is 1. The maximum atomic E-state index is 11.0. The first-order chi connectivity index (χ1) is 9.45. The number of nitro benzene ring substituents is 1. The molecule has 0 saturated carbocycles. The zero-order valence-corrected chi connectivity index (χ0v) is 10.8.